The van der Waals surface area contributed by atoms with Gasteiger partial charge in [-0.15, -0.1) is 0 Å². The minimum atomic E-state index is 0.381. The first kappa shape index (κ1) is 13.0. The van der Waals surface area contributed by atoms with Crippen molar-refractivity contribution in [2.24, 2.45) is 0 Å². The lowest BCUT2D eigenvalue weighted by Crippen LogP contribution is -2.37. The predicted molar refractivity (Wildman–Crippen MR) is 76.7 cm³/mol. The fourth-order valence-corrected chi connectivity index (χ4v) is 2.74. The molecule has 0 aromatic carbocycles. The molecule has 0 saturated carbocycles. The summed E-state index contributed by atoms with van der Waals surface area (Å²) < 4.78 is 1.96. The summed E-state index contributed by atoms with van der Waals surface area (Å²) in [6, 6.07) is 2.49. The van der Waals surface area contributed by atoms with Crippen LogP contribution in [0.2, 0.25) is 0 Å². The number of aryl methyl sites for hydroxylation is 2. The van der Waals surface area contributed by atoms with Gasteiger partial charge >= 0.3 is 0 Å². The van der Waals surface area contributed by atoms with E-state index in [4.69, 9.17) is 0 Å². The van der Waals surface area contributed by atoms with E-state index in [2.05, 4.69) is 37.9 Å². The molecular weight excluding hydrogens is 252 g/mol. The molecule has 6 nitrogen and oxygen atoms in total. The van der Waals surface area contributed by atoms with Gasteiger partial charge in [-0.2, -0.15) is 5.10 Å². The molecule has 1 atom stereocenters. The van der Waals surface area contributed by atoms with Gasteiger partial charge in [-0.05, 0) is 26.2 Å². The Morgan fingerprint density at radius 1 is 1.35 bits per heavy atom. The summed E-state index contributed by atoms with van der Waals surface area (Å²) >= 11 is 0. The molecule has 1 unspecified atom stereocenters. The molecule has 6 heteroatoms. The lowest BCUT2D eigenvalue weighted by Gasteiger charge is -2.33. The van der Waals surface area contributed by atoms with Crippen molar-refractivity contribution in [2.75, 3.05) is 18.0 Å². The summed E-state index contributed by atoms with van der Waals surface area (Å²) in [6.07, 6.45) is 6.64. The van der Waals surface area contributed by atoms with Gasteiger partial charge in [0, 0.05) is 24.8 Å². The molecule has 1 aliphatic rings. The van der Waals surface area contributed by atoms with Crippen LogP contribution >= 0.6 is 0 Å². The summed E-state index contributed by atoms with van der Waals surface area (Å²) in [5.74, 6) is 1.89. The van der Waals surface area contributed by atoms with E-state index in [1.54, 1.807) is 12.7 Å². The Hall–Kier alpha value is -1.98. The maximum absolute atomic E-state index is 4.59. The first-order chi connectivity index (χ1) is 9.76. The van der Waals surface area contributed by atoms with Crippen molar-refractivity contribution in [3.63, 3.8) is 0 Å². The van der Waals surface area contributed by atoms with Crippen LogP contribution in [0.15, 0.2) is 18.7 Å². The van der Waals surface area contributed by atoms with Crippen LogP contribution in [-0.4, -0.2) is 37.8 Å². The second-order valence-corrected chi connectivity index (χ2v) is 5.24. The third kappa shape index (κ3) is 2.64. The Morgan fingerprint density at radius 2 is 2.25 bits per heavy atom. The Kier molecular flexibility index (Phi) is 3.62. The Morgan fingerprint density at radius 3 is 3.00 bits per heavy atom. The van der Waals surface area contributed by atoms with Crippen LogP contribution < -0.4 is 4.90 Å². The van der Waals surface area contributed by atoms with Gasteiger partial charge in [-0.25, -0.2) is 19.6 Å². The van der Waals surface area contributed by atoms with Crippen LogP contribution in [0.1, 0.15) is 37.3 Å². The van der Waals surface area contributed by atoms with Crippen molar-refractivity contribution in [1.82, 2.24) is 24.7 Å². The van der Waals surface area contributed by atoms with Crippen molar-refractivity contribution in [1.29, 1.82) is 0 Å². The maximum Gasteiger partial charge on any atom is 0.137 e. The summed E-state index contributed by atoms with van der Waals surface area (Å²) in [5, 5.41) is 4.27. The van der Waals surface area contributed by atoms with Gasteiger partial charge in [0.25, 0.3) is 0 Å². The highest BCUT2D eigenvalue weighted by Gasteiger charge is 2.23. The Labute approximate surface area is 118 Å². The van der Waals surface area contributed by atoms with Gasteiger partial charge < -0.3 is 4.90 Å². The van der Waals surface area contributed by atoms with E-state index >= 15 is 0 Å². The normalized spacial score (nSPS) is 19.3. The number of anilines is 1. The number of nitrogens with zero attached hydrogens (tertiary/aromatic N) is 6. The van der Waals surface area contributed by atoms with Crippen LogP contribution in [0, 0.1) is 6.92 Å². The number of rotatable bonds is 3. The monoisotopic (exact) mass is 272 g/mol. The second kappa shape index (κ2) is 5.56. The molecule has 1 aliphatic heterocycles. The molecule has 2 aromatic rings. The highest BCUT2D eigenvalue weighted by molar-refractivity contribution is 5.40. The first-order valence-corrected chi connectivity index (χ1v) is 7.20. The summed E-state index contributed by atoms with van der Waals surface area (Å²) in [4.78, 5) is 15.4. The van der Waals surface area contributed by atoms with E-state index in [1.807, 2.05) is 11.6 Å². The molecule has 106 valence electrons. The van der Waals surface area contributed by atoms with Gasteiger partial charge in [-0.1, -0.05) is 6.92 Å². The molecule has 0 spiro atoms. The van der Waals surface area contributed by atoms with Crippen molar-refractivity contribution in [3.8, 4) is 0 Å². The van der Waals surface area contributed by atoms with Gasteiger partial charge in [0.2, 0.25) is 0 Å². The Balaban J connectivity index is 1.81. The third-order valence-electron chi connectivity index (χ3n) is 3.77. The number of hydrogen-bond donors (Lipinski definition) is 0. The highest BCUT2D eigenvalue weighted by Crippen LogP contribution is 2.24. The zero-order chi connectivity index (χ0) is 13.9. The van der Waals surface area contributed by atoms with E-state index in [9.17, 15) is 0 Å². The quantitative estimate of drug-likeness (QED) is 0.852. The summed E-state index contributed by atoms with van der Waals surface area (Å²) in [7, 11) is 0. The molecule has 20 heavy (non-hydrogen) atoms. The van der Waals surface area contributed by atoms with Crippen LogP contribution in [0.3, 0.4) is 0 Å². The van der Waals surface area contributed by atoms with Crippen molar-refractivity contribution >= 4 is 5.82 Å². The fraction of sp³-hybridized carbons (Fsp3) is 0.571. The lowest BCUT2D eigenvalue weighted by atomic mass is 10.1. The van der Waals surface area contributed by atoms with Crippen molar-refractivity contribution in [2.45, 2.75) is 39.2 Å². The average molecular weight is 272 g/mol. The predicted octanol–water partition coefficient (Wildman–Crippen LogP) is 1.78. The molecule has 3 rings (SSSR count). The molecule has 2 aromatic heterocycles. The molecule has 0 N–H and O–H groups in total. The van der Waals surface area contributed by atoms with Crippen LogP contribution in [0.5, 0.6) is 0 Å². The zero-order valence-corrected chi connectivity index (χ0v) is 12.0. The van der Waals surface area contributed by atoms with Crippen molar-refractivity contribution in [3.05, 3.63) is 30.2 Å². The number of hydrogen-bond acceptors (Lipinski definition) is 5. The van der Waals surface area contributed by atoms with Crippen LogP contribution in [0.25, 0.3) is 0 Å². The minimum Gasteiger partial charge on any atom is -0.354 e. The van der Waals surface area contributed by atoms with E-state index in [0.29, 0.717) is 6.04 Å². The Bertz CT molecular complexity index is 565. The van der Waals surface area contributed by atoms with E-state index in [0.717, 1.165) is 49.7 Å². The molecule has 1 fully saturated rings. The lowest BCUT2D eigenvalue weighted by molar-refractivity contribution is 0.374. The largest absolute Gasteiger partial charge is 0.354 e. The summed E-state index contributed by atoms with van der Waals surface area (Å²) in [6.45, 7) is 6.06. The van der Waals surface area contributed by atoms with E-state index in [1.165, 1.54) is 0 Å². The molecular formula is C14H20N6. The molecule has 0 amide bonds. The SMILES string of the molecule is CCc1cc(N2CCCC(n3cncn3)C2)nc(C)n1. The third-order valence-corrected chi connectivity index (χ3v) is 3.77. The average Bonchev–Trinajstić information content (AvgIpc) is 3.01. The standard InChI is InChI=1S/C14H20N6/c1-3-12-7-14(18-11(2)17-12)19-6-4-5-13(8-19)20-10-15-9-16-20/h7,9-10,13H,3-6,8H2,1-2H3. The highest BCUT2D eigenvalue weighted by atomic mass is 15.4. The molecule has 1 saturated heterocycles. The number of aromatic nitrogens is 5. The minimum absolute atomic E-state index is 0.381. The fourth-order valence-electron chi connectivity index (χ4n) is 2.74. The first-order valence-electron chi connectivity index (χ1n) is 7.20. The smallest absolute Gasteiger partial charge is 0.137 e. The zero-order valence-electron chi connectivity index (χ0n) is 12.0. The van der Waals surface area contributed by atoms with Gasteiger partial charge in [-0.3, -0.25) is 0 Å². The van der Waals surface area contributed by atoms with Gasteiger partial charge in [0.1, 0.15) is 24.3 Å². The molecule has 0 aliphatic carbocycles. The van der Waals surface area contributed by atoms with E-state index < -0.39 is 0 Å². The second-order valence-electron chi connectivity index (χ2n) is 5.24. The molecule has 3 heterocycles. The van der Waals surface area contributed by atoms with Crippen LogP contribution in [0.4, 0.5) is 5.82 Å². The maximum atomic E-state index is 4.59. The molecule has 0 radical (unpaired) electrons. The number of piperidine rings is 1. The van der Waals surface area contributed by atoms with Gasteiger partial charge in [0.05, 0.1) is 6.04 Å². The van der Waals surface area contributed by atoms with E-state index in [-0.39, 0.29) is 0 Å². The van der Waals surface area contributed by atoms with Crippen LogP contribution in [-0.2, 0) is 6.42 Å². The molecule has 0 bridgehead atoms. The summed E-state index contributed by atoms with van der Waals surface area (Å²) in [5.41, 5.74) is 1.11. The van der Waals surface area contributed by atoms with Crippen molar-refractivity contribution < 1.29 is 0 Å². The van der Waals surface area contributed by atoms with Gasteiger partial charge in [0.15, 0.2) is 0 Å². The topological polar surface area (TPSA) is 59.7 Å².